The van der Waals surface area contributed by atoms with E-state index in [0.29, 0.717) is 23.3 Å². The normalized spacial score (nSPS) is 15.7. The summed E-state index contributed by atoms with van der Waals surface area (Å²) in [5.74, 6) is -0.902. The van der Waals surface area contributed by atoms with Crippen LogP contribution in [0.2, 0.25) is 0 Å². The highest BCUT2D eigenvalue weighted by Crippen LogP contribution is 2.46. The quantitative estimate of drug-likeness (QED) is 0.439. The number of para-hydroxylation sites is 1. The smallest absolute Gasteiger partial charge is 0.338 e. The molecule has 0 saturated heterocycles. The SMILES string of the molecule is CCn1c(=O)c(C)nc2cc(C(=O)OCC(=O)/C=C3/N(C)c4ccccc4C3(C)C)ccc21. The van der Waals surface area contributed by atoms with Crippen molar-refractivity contribution in [1.82, 2.24) is 9.55 Å². The van der Waals surface area contributed by atoms with E-state index in [4.69, 9.17) is 4.74 Å². The molecule has 0 N–H and O–H groups in total. The van der Waals surface area contributed by atoms with Gasteiger partial charge in [0.05, 0.1) is 16.6 Å². The van der Waals surface area contributed by atoms with Crippen LogP contribution in [-0.2, 0) is 21.5 Å². The van der Waals surface area contributed by atoms with E-state index in [1.807, 2.05) is 37.1 Å². The number of esters is 1. The van der Waals surface area contributed by atoms with Crippen molar-refractivity contribution in [3.05, 3.63) is 81.4 Å². The van der Waals surface area contributed by atoms with E-state index in [-0.39, 0.29) is 28.9 Å². The van der Waals surface area contributed by atoms with E-state index in [2.05, 4.69) is 24.9 Å². The summed E-state index contributed by atoms with van der Waals surface area (Å²) in [6, 6.07) is 12.9. The van der Waals surface area contributed by atoms with Crippen molar-refractivity contribution in [1.29, 1.82) is 0 Å². The van der Waals surface area contributed by atoms with Crippen molar-refractivity contribution in [2.45, 2.75) is 39.7 Å². The number of aryl methyl sites for hydroxylation is 2. The van der Waals surface area contributed by atoms with Gasteiger partial charge in [-0.1, -0.05) is 32.0 Å². The molecule has 7 heteroatoms. The number of fused-ring (bicyclic) bond motifs is 2. The standard InChI is InChI=1S/C26H27N3O4/c1-6-29-22-12-11-17(13-20(22)27-16(2)24(29)31)25(32)33-15-18(30)14-23-26(3,4)19-9-7-8-10-21(19)28(23)5/h7-14H,6,15H2,1-5H3/b23-14+. The fraction of sp³-hybridized carbons (Fsp3) is 0.308. The van der Waals surface area contributed by atoms with E-state index in [1.54, 1.807) is 35.8 Å². The third-order valence-electron chi connectivity index (χ3n) is 6.24. The molecule has 0 amide bonds. The highest BCUT2D eigenvalue weighted by molar-refractivity contribution is 5.98. The lowest BCUT2D eigenvalue weighted by Gasteiger charge is -2.23. The van der Waals surface area contributed by atoms with Gasteiger partial charge in [-0.05, 0) is 43.7 Å². The molecule has 1 aliphatic heterocycles. The maximum Gasteiger partial charge on any atom is 0.338 e. The van der Waals surface area contributed by atoms with Crippen LogP contribution in [0.4, 0.5) is 5.69 Å². The van der Waals surface area contributed by atoms with E-state index >= 15 is 0 Å². The molecule has 4 rings (SSSR count). The second kappa shape index (κ2) is 8.31. The van der Waals surface area contributed by atoms with Crippen molar-refractivity contribution in [2.24, 2.45) is 0 Å². The summed E-state index contributed by atoms with van der Waals surface area (Å²) in [6.07, 6.45) is 1.55. The van der Waals surface area contributed by atoms with Crippen LogP contribution in [-0.4, -0.2) is 35.0 Å². The molecule has 7 nitrogen and oxygen atoms in total. The Hall–Kier alpha value is -3.74. The Balaban J connectivity index is 1.51. The zero-order valence-electron chi connectivity index (χ0n) is 19.5. The average Bonchev–Trinajstić information content (AvgIpc) is 2.99. The topological polar surface area (TPSA) is 81.5 Å². The Morgan fingerprint density at radius 2 is 1.88 bits per heavy atom. The summed E-state index contributed by atoms with van der Waals surface area (Å²) >= 11 is 0. The number of likely N-dealkylation sites (N-methyl/N-ethyl adjacent to an activating group) is 1. The Bertz CT molecular complexity index is 1370. The summed E-state index contributed by atoms with van der Waals surface area (Å²) in [6.45, 7) is 7.80. The minimum absolute atomic E-state index is 0.152. The molecule has 1 aliphatic rings. The van der Waals surface area contributed by atoms with Crippen LogP contribution < -0.4 is 10.5 Å². The van der Waals surface area contributed by atoms with Gasteiger partial charge in [-0.3, -0.25) is 9.59 Å². The first-order chi connectivity index (χ1) is 15.6. The fourth-order valence-electron chi connectivity index (χ4n) is 4.49. The van der Waals surface area contributed by atoms with Crippen LogP contribution in [0.3, 0.4) is 0 Å². The Morgan fingerprint density at radius 1 is 1.15 bits per heavy atom. The van der Waals surface area contributed by atoms with Gasteiger partial charge < -0.3 is 14.2 Å². The van der Waals surface area contributed by atoms with Crippen LogP contribution in [0.15, 0.2) is 59.0 Å². The maximum absolute atomic E-state index is 12.7. The summed E-state index contributed by atoms with van der Waals surface area (Å²) in [4.78, 5) is 43.8. The van der Waals surface area contributed by atoms with Gasteiger partial charge in [-0.25, -0.2) is 9.78 Å². The van der Waals surface area contributed by atoms with Gasteiger partial charge in [-0.15, -0.1) is 0 Å². The van der Waals surface area contributed by atoms with Crippen LogP contribution in [0, 0.1) is 6.92 Å². The number of rotatable bonds is 5. The van der Waals surface area contributed by atoms with E-state index in [0.717, 1.165) is 16.9 Å². The summed E-state index contributed by atoms with van der Waals surface area (Å²) in [5, 5.41) is 0. The number of allylic oxidation sites excluding steroid dienone is 1. The number of carbonyl (C=O) groups is 2. The number of carbonyl (C=O) groups excluding carboxylic acids is 2. The number of ether oxygens (including phenoxy) is 1. The highest BCUT2D eigenvalue weighted by atomic mass is 16.5. The number of benzene rings is 2. The zero-order chi connectivity index (χ0) is 23.9. The molecule has 170 valence electrons. The Labute approximate surface area is 192 Å². The number of anilines is 1. The van der Waals surface area contributed by atoms with E-state index in [1.165, 1.54) is 0 Å². The maximum atomic E-state index is 12.7. The monoisotopic (exact) mass is 445 g/mol. The molecule has 0 bridgehead atoms. The number of nitrogens with zero attached hydrogens (tertiary/aromatic N) is 3. The molecular weight excluding hydrogens is 418 g/mol. The molecule has 0 saturated carbocycles. The third-order valence-corrected chi connectivity index (χ3v) is 6.24. The van der Waals surface area contributed by atoms with Gasteiger partial charge in [0.15, 0.2) is 12.4 Å². The van der Waals surface area contributed by atoms with Crippen LogP contribution in [0.25, 0.3) is 11.0 Å². The van der Waals surface area contributed by atoms with Gasteiger partial charge in [0.1, 0.15) is 5.69 Å². The summed E-state index contributed by atoms with van der Waals surface area (Å²) in [7, 11) is 1.93. The minimum atomic E-state index is -0.611. The van der Waals surface area contributed by atoms with Crippen LogP contribution in [0.1, 0.15) is 42.4 Å². The molecule has 0 aliphatic carbocycles. The number of aromatic nitrogens is 2. The largest absolute Gasteiger partial charge is 0.454 e. The molecule has 1 aromatic heterocycles. The predicted octanol–water partition coefficient (Wildman–Crippen LogP) is 3.76. The molecule has 0 radical (unpaired) electrons. The lowest BCUT2D eigenvalue weighted by atomic mass is 9.83. The van der Waals surface area contributed by atoms with Gasteiger partial charge >= 0.3 is 5.97 Å². The van der Waals surface area contributed by atoms with Crippen LogP contribution in [0.5, 0.6) is 0 Å². The van der Waals surface area contributed by atoms with Crippen molar-refractivity contribution >= 4 is 28.5 Å². The minimum Gasteiger partial charge on any atom is -0.454 e. The molecule has 2 aromatic carbocycles. The predicted molar refractivity (Wildman–Crippen MR) is 128 cm³/mol. The summed E-state index contributed by atoms with van der Waals surface area (Å²) < 4.78 is 6.90. The van der Waals surface area contributed by atoms with Crippen molar-refractivity contribution in [3.63, 3.8) is 0 Å². The molecule has 0 fully saturated rings. The van der Waals surface area contributed by atoms with Gasteiger partial charge in [0.25, 0.3) is 5.56 Å². The summed E-state index contributed by atoms with van der Waals surface area (Å²) in [5.41, 5.74) is 4.40. The fourth-order valence-corrected chi connectivity index (χ4v) is 4.49. The number of ketones is 1. The lowest BCUT2D eigenvalue weighted by molar-refractivity contribution is -0.117. The second-order valence-corrected chi connectivity index (χ2v) is 8.72. The van der Waals surface area contributed by atoms with E-state index in [9.17, 15) is 14.4 Å². The molecule has 33 heavy (non-hydrogen) atoms. The first-order valence-corrected chi connectivity index (χ1v) is 10.9. The number of hydrogen-bond acceptors (Lipinski definition) is 6. The van der Waals surface area contributed by atoms with Crippen molar-refractivity contribution in [3.8, 4) is 0 Å². The van der Waals surface area contributed by atoms with Crippen molar-refractivity contribution < 1.29 is 14.3 Å². The molecule has 3 aromatic rings. The first kappa shape index (κ1) is 22.5. The zero-order valence-corrected chi connectivity index (χ0v) is 19.5. The highest BCUT2D eigenvalue weighted by Gasteiger charge is 2.38. The van der Waals surface area contributed by atoms with Crippen molar-refractivity contribution in [2.75, 3.05) is 18.6 Å². The van der Waals surface area contributed by atoms with Gasteiger partial charge in [-0.2, -0.15) is 0 Å². The Morgan fingerprint density at radius 3 is 2.58 bits per heavy atom. The average molecular weight is 446 g/mol. The Kier molecular flexibility index (Phi) is 5.66. The second-order valence-electron chi connectivity index (χ2n) is 8.72. The van der Waals surface area contributed by atoms with Crippen LogP contribution >= 0.6 is 0 Å². The third kappa shape index (κ3) is 3.84. The van der Waals surface area contributed by atoms with E-state index < -0.39 is 5.97 Å². The lowest BCUT2D eigenvalue weighted by Crippen LogP contribution is -2.25. The molecular formula is C26H27N3O4. The molecule has 0 atom stereocenters. The molecule has 0 unspecified atom stereocenters. The van der Waals surface area contributed by atoms with Gasteiger partial charge in [0, 0.05) is 36.5 Å². The van der Waals surface area contributed by atoms with Gasteiger partial charge in [0.2, 0.25) is 0 Å². The molecule has 2 heterocycles. The first-order valence-electron chi connectivity index (χ1n) is 10.9. The number of hydrogen-bond donors (Lipinski definition) is 0. The molecule has 0 spiro atoms.